The predicted molar refractivity (Wildman–Crippen MR) is 100 cm³/mol. The van der Waals surface area contributed by atoms with Crippen molar-refractivity contribution in [1.82, 2.24) is 5.32 Å². The zero-order valence-corrected chi connectivity index (χ0v) is 15.4. The largest absolute Gasteiger partial charge is 0.350 e. The predicted octanol–water partition coefficient (Wildman–Crippen LogP) is 4.46. The summed E-state index contributed by atoms with van der Waals surface area (Å²) in [6.45, 7) is 0.260. The lowest BCUT2D eigenvalue weighted by Gasteiger charge is -2.25. The molecule has 0 aromatic heterocycles. The van der Waals surface area contributed by atoms with Crippen molar-refractivity contribution in [3.63, 3.8) is 0 Å². The maximum atomic E-state index is 12.6. The highest BCUT2D eigenvalue weighted by Gasteiger charge is 2.37. The summed E-state index contributed by atoms with van der Waals surface area (Å²) < 4.78 is 0. The molecular formula is C18H15Cl3N2O2. The number of hydrogen-bond donors (Lipinski definition) is 1. The van der Waals surface area contributed by atoms with Gasteiger partial charge in [0.15, 0.2) is 0 Å². The van der Waals surface area contributed by atoms with Gasteiger partial charge < -0.3 is 5.32 Å². The monoisotopic (exact) mass is 396 g/mol. The van der Waals surface area contributed by atoms with Crippen molar-refractivity contribution in [2.45, 2.75) is 25.4 Å². The van der Waals surface area contributed by atoms with Gasteiger partial charge in [0, 0.05) is 23.0 Å². The van der Waals surface area contributed by atoms with Gasteiger partial charge in [0.2, 0.25) is 11.8 Å². The molecule has 1 fully saturated rings. The van der Waals surface area contributed by atoms with Gasteiger partial charge in [-0.15, -0.1) is 0 Å². The number of hydrogen-bond acceptors (Lipinski definition) is 2. The zero-order valence-electron chi connectivity index (χ0n) is 13.1. The van der Waals surface area contributed by atoms with Crippen LogP contribution in [0.4, 0.5) is 5.69 Å². The molecule has 1 saturated heterocycles. The molecule has 1 aliphatic heterocycles. The zero-order chi connectivity index (χ0) is 18.0. The smallest absolute Gasteiger partial charge is 0.243 e. The summed E-state index contributed by atoms with van der Waals surface area (Å²) in [5.74, 6) is -0.352. The van der Waals surface area contributed by atoms with Crippen LogP contribution in [-0.4, -0.2) is 17.9 Å². The van der Waals surface area contributed by atoms with Crippen molar-refractivity contribution in [3.05, 3.63) is 63.1 Å². The molecule has 0 aliphatic carbocycles. The van der Waals surface area contributed by atoms with Crippen LogP contribution in [0.5, 0.6) is 0 Å². The number of nitrogens with zero attached hydrogens (tertiary/aromatic N) is 1. The van der Waals surface area contributed by atoms with Gasteiger partial charge >= 0.3 is 0 Å². The van der Waals surface area contributed by atoms with Gasteiger partial charge in [-0.05, 0) is 36.2 Å². The third-order valence-electron chi connectivity index (χ3n) is 4.09. The first kappa shape index (κ1) is 18.1. The Morgan fingerprint density at radius 3 is 2.60 bits per heavy atom. The average Bonchev–Trinajstić information content (AvgIpc) is 2.96. The number of anilines is 1. The van der Waals surface area contributed by atoms with Crippen LogP contribution in [0.2, 0.25) is 15.1 Å². The number of benzene rings is 2. The number of amides is 2. The third kappa shape index (κ3) is 3.92. The van der Waals surface area contributed by atoms with Crippen molar-refractivity contribution in [2.24, 2.45) is 0 Å². The van der Waals surface area contributed by atoms with Crippen molar-refractivity contribution in [1.29, 1.82) is 0 Å². The van der Waals surface area contributed by atoms with E-state index in [0.717, 1.165) is 5.56 Å². The number of rotatable bonds is 4. The molecule has 130 valence electrons. The number of halogens is 3. The Hall–Kier alpha value is -1.75. The molecule has 0 unspecified atom stereocenters. The van der Waals surface area contributed by atoms with E-state index in [-0.39, 0.29) is 18.4 Å². The van der Waals surface area contributed by atoms with Crippen molar-refractivity contribution in [2.75, 3.05) is 4.90 Å². The Labute approximate surface area is 160 Å². The Balaban J connectivity index is 1.74. The molecule has 2 aromatic carbocycles. The number of nitrogens with one attached hydrogen (secondary N) is 1. The molecule has 1 aliphatic rings. The van der Waals surface area contributed by atoms with E-state index in [1.165, 1.54) is 4.90 Å². The van der Waals surface area contributed by atoms with Crippen LogP contribution in [0.25, 0.3) is 0 Å². The van der Waals surface area contributed by atoms with E-state index >= 15 is 0 Å². The van der Waals surface area contributed by atoms with Gasteiger partial charge in [-0.3, -0.25) is 14.5 Å². The molecular weight excluding hydrogens is 383 g/mol. The van der Waals surface area contributed by atoms with Crippen LogP contribution >= 0.6 is 34.8 Å². The molecule has 0 saturated carbocycles. The van der Waals surface area contributed by atoms with Crippen LogP contribution in [0, 0.1) is 0 Å². The second kappa shape index (κ2) is 7.65. The summed E-state index contributed by atoms with van der Waals surface area (Å²) in [5, 5.41) is 4.30. The van der Waals surface area contributed by atoms with E-state index in [0.29, 0.717) is 33.6 Å². The molecule has 0 spiro atoms. The molecule has 2 amide bonds. The summed E-state index contributed by atoms with van der Waals surface area (Å²) in [6.07, 6.45) is 0.759. The van der Waals surface area contributed by atoms with Crippen LogP contribution in [-0.2, 0) is 16.1 Å². The fourth-order valence-corrected chi connectivity index (χ4v) is 3.55. The molecule has 0 radical (unpaired) electrons. The molecule has 2 aromatic rings. The maximum absolute atomic E-state index is 12.6. The molecule has 1 N–H and O–H groups in total. The van der Waals surface area contributed by atoms with Crippen LogP contribution in [0.15, 0.2) is 42.5 Å². The number of para-hydroxylation sites is 1. The Morgan fingerprint density at radius 1 is 1.12 bits per heavy atom. The first-order valence-electron chi connectivity index (χ1n) is 7.75. The molecule has 4 nitrogen and oxygen atoms in total. The van der Waals surface area contributed by atoms with Gasteiger partial charge in [-0.2, -0.15) is 0 Å². The van der Waals surface area contributed by atoms with Gasteiger partial charge in [0.05, 0.1) is 10.7 Å². The Bertz CT molecular complexity index is 826. The minimum atomic E-state index is -0.585. The third-order valence-corrected chi connectivity index (χ3v) is 5.00. The van der Waals surface area contributed by atoms with Crippen LogP contribution in [0.3, 0.4) is 0 Å². The summed E-state index contributed by atoms with van der Waals surface area (Å²) >= 11 is 18.2. The van der Waals surface area contributed by atoms with Gasteiger partial charge in [0.25, 0.3) is 0 Å². The lowest BCUT2D eigenvalue weighted by Crippen LogP contribution is -2.44. The second-order valence-electron chi connectivity index (χ2n) is 5.72. The van der Waals surface area contributed by atoms with E-state index in [4.69, 9.17) is 34.8 Å². The fourth-order valence-electron chi connectivity index (χ4n) is 2.85. The summed E-state index contributed by atoms with van der Waals surface area (Å²) in [4.78, 5) is 26.4. The van der Waals surface area contributed by atoms with E-state index in [1.54, 1.807) is 42.5 Å². The van der Waals surface area contributed by atoms with E-state index in [9.17, 15) is 9.59 Å². The van der Waals surface area contributed by atoms with E-state index in [1.807, 2.05) is 0 Å². The molecule has 1 atom stereocenters. The standard InChI is InChI=1S/C18H15Cl3N2O2/c19-12-6-5-11(14(21)9-12)10-22-18(25)16-7-8-17(24)23(16)15-4-2-1-3-13(15)20/h1-6,9,16H,7-8,10H2,(H,22,25)/t16-/m0/s1. The highest BCUT2D eigenvalue weighted by atomic mass is 35.5. The minimum absolute atomic E-state index is 0.113. The van der Waals surface area contributed by atoms with Gasteiger partial charge in [-0.25, -0.2) is 0 Å². The van der Waals surface area contributed by atoms with Crippen molar-refractivity contribution < 1.29 is 9.59 Å². The number of carbonyl (C=O) groups excluding carboxylic acids is 2. The Morgan fingerprint density at radius 2 is 1.88 bits per heavy atom. The lowest BCUT2D eigenvalue weighted by atomic mass is 10.1. The normalized spacial score (nSPS) is 17.0. The first-order chi connectivity index (χ1) is 12.0. The Kier molecular flexibility index (Phi) is 5.52. The molecule has 0 bridgehead atoms. The quantitative estimate of drug-likeness (QED) is 0.828. The first-order valence-corrected chi connectivity index (χ1v) is 8.89. The van der Waals surface area contributed by atoms with Crippen molar-refractivity contribution >= 4 is 52.3 Å². The minimum Gasteiger partial charge on any atom is -0.350 e. The highest BCUT2D eigenvalue weighted by molar-refractivity contribution is 6.35. The van der Waals surface area contributed by atoms with E-state index in [2.05, 4.69) is 5.32 Å². The maximum Gasteiger partial charge on any atom is 0.243 e. The average molecular weight is 398 g/mol. The van der Waals surface area contributed by atoms with Crippen molar-refractivity contribution in [3.8, 4) is 0 Å². The van der Waals surface area contributed by atoms with Crippen LogP contribution in [0.1, 0.15) is 18.4 Å². The fraction of sp³-hybridized carbons (Fsp3) is 0.222. The second-order valence-corrected chi connectivity index (χ2v) is 6.97. The molecule has 1 heterocycles. The van der Waals surface area contributed by atoms with Gasteiger partial charge in [0.1, 0.15) is 6.04 Å². The lowest BCUT2D eigenvalue weighted by molar-refractivity contribution is -0.124. The molecule has 7 heteroatoms. The summed E-state index contributed by atoms with van der Waals surface area (Å²) in [6, 6.07) is 11.5. The van der Waals surface area contributed by atoms with E-state index < -0.39 is 6.04 Å². The van der Waals surface area contributed by atoms with Gasteiger partial charge in [-0.1, -0.05) is 53.0 Å². The summed E-state index contributed by atoms with van der Waals surface area (Å²) in [7, 11) is 0. The topological polar surface area (TPSA) is 49.4 Å². The number of carbonyl (C=O) groups is 2. The molecule has 3 rings (SSSR count). The SMILES string of the molecule is O=C(NCc1ccc(Cl)cc1Cl)[C@@H]1CCC(=O)N1c1ccccc1Cl. The summed E-state index contributed by atoms with van der Waals surface area (Å²) in [5.41, 5.74) is 1.31. The highest BCUT2D eigenvalue weighted by Crippen LogP contribution is 2.32. The molecule has 25 heavy (non-hydrogen) atoms. The van der Waals surface area contributed by atoms with Crippen LogP contribution < -0.4 is 10.2 Å².